The number of alkyl halides is 1. The van der Waals surface area contributed by atoms with Crippen LogP contribution in [0.3, 0.4) is 0 Å². The van der Waals surface area contributed by atoms with Crippen LogP contribution < -0.4 is 4.74 Å². The molecule has 0 saturated carbocycles. The first-order valence-electron chi connectivity index (χ1n) is 4.18. The number of benzene rings is 1. The lowest BCUT2D eigenvalue weighted by Gasteiger charge is -2.09. The van der Waals surface area contributed by atoms with E-state index >= 15 is 0 Å². The minimum Gasteiger partial charge on any atom is -0.479 e. The van der Waals surface area contributed by atoms with E-state index in [1.165, 1.54) is 12.1 Å². The molecule has 4 nitrogen and oxygen atoms in total. The lowest BCUT2D eigenvalue weighted by atomic mass is 10.3. The maximum atomic E-state index is 10.4. The van der Waals surface area contributed by atoms with Gasteiger partial charge in [0.05, 0.1) is 11.0 Å². The van der Waals surface area contributed by atoms with Gasteiger partial charge in [-0.2, -0.15) is 0 Å². The third kappa shape index (κ3) is 2.99. The number of non-ortho nitro benzene ring substituents is 1. The van der Waals surface area contributed by atoms with Crippen molar-refractivity contribution in [2.45, 2.75) is 18.4 Å². The van der Waals surface area contributed by atoms with Gasteiger partial charge in [0.15, 0.2) is 5.01 Å². The highest BCUT2D eigenvalue weighted by Crippen LogP contribution is 2.21. The fourth-order valence-electron chi connectivity index (χ4n) is 0.901. The van der Waals surface area contributed by atoms with Gasteiger partial charge in [-0.3, -0.25) is 10.1 Å². The number of nitro groups is 1. The van der Waals surface area contributed by atoms with Gasteiger partial charge in [-0.05, 0) is 28.4 Å². The molecule has 0 aliphatic carbocycles. The molecule has 0 fully saturated rings. The molecule has 0 aliphatic rings. The maximum Gasteiger partial charge on any atom is 0.273 e. The number of hydrogen-bond acceptors (Lipinski definition) is 3. The van der Waals surface area contributed by atoms with Crippen LogP contribution >= 0.6 is 15.9 Å². The Morgan fingerprint density at radius 2 is 2.36 bits per heavy atom. The summed E-state index contributed by atoms with van der Waals surface area (Å²) in [5.41, 5.74) is 0.0401. The fourth-order valence-corrected chi connectivity index (χ4v) is 1.12. The van der Waals surface area contributed by atoms with E-state index in [1.54, 1.807) is 12.1 Å². The molecule has 0 amide bonds. The van der Waals surface area contributed by atoms with Crippen molar-refractivity contribution in [1.82, 2.24) is 0 Å². The van der Waals surface area contributed by atoms with E-state index in [9.17, 15) is 10.1 Å². The molecular weight excluding hydrogens is 250 g/mol. The van der Waals surface area contributed by atoms with Crippen LogP contribution in [0.4, 0.5) is 5.69 Å². The molecule has 0 saturated heterocycles. The van der Waals surface area contributed by atoms with Crippen molar-refractivity contribution in [2.24, 2.45) is 0 Å². The average molecular weight is 260 g/mol. The van der Waals surface area contributed by atoms with E-state index in [0.717, 1.165) is 6.42 Å². The molecule has 1 unspecified atom stereocenters. The number of hydrogen-bond donors (Lipinski definition) is 0. The molecule has 76 valence electrons. The van der Waals surface area contributed by atoms with Crippen LogP contribution in [0.2, 0.25) is 0 Å². The van der Waals surface area contributed by atoms with Crippen molar-refractivity contribution >= 4 is 21.6 Å². The molecule has 0 bridgehead atoms. The molecule has 5 heteroatoms. The van der Waals surface area contributed by atoms with Gasteiger partial charge >= 0.3 is 0 Å². The van der Waals surface area contributed by atoms with Gasteiger partial charge in [0, 0.05) is 6.07 Å². The molecule has 0 heterocycles. The maximum absolute atomic E-state index is 10.4. The van der Waals surface area contributed by atoms with Crippen molar-refractivity contribution < 1.29 is 9.66 Å². The monoisotopic (exact) mass is 259 g/mol. The summed E-state index contributed by atoms with van der Waals surface area (Å²) < 4.78 is 5.37. The van der Waals surface area contributed by atoms with Crippen molar-refractivity contribution in [2.75, 3.05) is 0 Å². The Labute approximate surface area is 90.2 Å². The molecular formula is C9H10BrNO3. The van der Waals surface area contributed by atoms with E-state index in [1.807, 2.05) is 6.92 Å². The second-order valence-corrected chi connectivity index (χ2v) is 3.71. The summed E-state index contributed by atoms with van der Waals surface area (Å²) in [5, 5.41) is 10.3. The van der Waals surface area contributed by atoms with Gasteiger partial charge in [0.1, 0.15) is 5.75 Å². The van der Waals surface area contributed by atoms with Crippen LogP contribution in [0.15, 0.2) is 24.3 Å². The van der Waals surface area contributed by atoms with Gasteiger partial charge in [-0.15, -0.1) is 0 Å². The Hall–Kier alpha value is -1.10. The number of ether oxygens (including phenoxy) is 1. The van der Waals surface area contributed by atoms with Crippen LogP contribution in [0, 0.1) is 10.1 Å². The van der Waals surface area contributed by atoms with E-state index < -0.39 is 4.92 Å². The third-order valence-electron chi connectivity index (χ3n) is 1.61. The van der Waals surface area contributed by atoms with Gasteiger partial charge < -0.3 is 4.74 Å². The van der Waals surface area contributed by atoms with E-state index in [4.69, 9.17) is 4.74 Å². The molecule has 0 spiro atoms. The lowest BCUT2D eigenvalue weighted by molar-refractivity contribution is -0.384. The number of halogens is 1. The summed E-state index contributed by atoms with van der Waals surface area (Å²) in [4.78, 5) is 10.0. The smallest absolute Gasteiger partial charge is 0.273 e. The predicted octanol–water partition coefficient (Wildman–Crippen LogP) is 3.10. The summed E-state index contributed by atoms with van der Waals surface area (Å²) in [7, 11) is 0. The van der Waals surface area contributed by atoms with Gasteiger partial charge in [-0.1, -0.05) is 13.0 Å². The zero-order valence-electron chi connectivity index (χ0n) is 7.64. The summed E-state index contributed by atoms with van der Waals surface area (Å²) in [5.74, 6) is 0.503. The van der Waals surface area contributed by atoms with Gasteiger partial charge in [0.2, 0.25) is 0 Å². The highest BCUT2D eigenvalue weighted by molar-refractivity contribution is 9.09. The number of rotatable bonds is 4. The SMILES string of the molecule is CCC(Br)Oc1cccc([N+](=O)[O-])c1. The van der Waals surface area contributed by atoms with Crippen LogP contribution in [0.5, 0.6) is 5.75 Å². The van der Waals surface area contributed by atoms with Crippen LogP contribution in [0.1, 0.15) is 13.3 Å². The zero-order chi connectivity index (χ0) is 10.6. The van der Waals surface area contributed by atoms with Crippen molar-refractivity contribution in [1.29, 1.82) is 0 Å². The topological polar surface area (TPSA) is 52.4 Å². The Kier molecular flexibility index (Phi) is 3.88. The standard InChI is InChI=1S/C9H10BrNO3/c1-2-9(10)14-8-5-3-4-7(6-8)11(12)13/h3-6,9H,2H2,1H3. The number of nitro benzene ring substituents is 1. The van der Waals surface area contributed by atoms with Gasteiger partial charge in [0.25, 0.3) is 5.69 Å². The highest BCUT2D eigenvalue weighted by atomic mass is 79.9. The van der Waals surface area contributed by atoms with Crippen molar-refractivity contribution in [3.8, 4) is 5.75 Å². The highest BCUT2D eigenvalue weighted by Gasteiger charge is 2.08. The van der Waals surface area contributed by atoms with E-state index in [0.29, 0.717) is 5.75 Å². The first kappa shape index (κ1) is 11.0. The van der Waals surface area contributed by atoms with Gasteiger partial charge in [-0.25, -0.2) is 0 Å². The zero-order valence-corrected chi connectivity index (χ0v) is 9.23. The molecule has 14 heavy (non-hydrogen) atoms. The Morgan fingerprint density at radius 3 is 2.93 bits per heavy atom. The Balaban J connectivity index is 2.78. The molecule has 0 N–H and O–H groups in total. The minimum absolute atomic E-state index is 0.0401. The number of nitrogens with zero attached hydrogens (tertiary/aromatic N) is 1. The summed E-state index contributed by atoms with van der Waals surface area (Å²) in [6.07, 6.45) is 0.794. The van der Waals surface area contributed by atoms with Crippen LogP contribution in [-0.2, 0) is 0 Å². The molecule has 0 aliphatic heterocycles. The summed E-state index contributed by atoms with van der Waals surface area (Å²) >= 11 is 3.28. The van der Waals surface area contributed by atoms with E-state index in [2.05, 4.69) is 15.9 Å². The molecule has 1 aromatic rings. The fraction of sp³-hybridized carbons (Fsp3) is 0.333. The van der Waals surface area contributed by atoms with Crippen LogP contribution in [-0.4, -0.2) is 9.94 Å². The lowest BCUT2D eigenvalue weighted by Crippen LogP contribution is -2.05. The second kappa shape index (κ2) is 4.95. The van der Waals surface area contributed by atoms with E-state index in [-0.39, 0.29) is 10.7 Å². The largest absolute Gasteiger partial charge is 0.479 e. The van der Waals surface area contributed by atoms with Crippen LogP contribution in [0.25, 0.3) is 0 Å². The Morgan fingerprint density at radius 1 is 1.64 bits per heavy atom. The quantitative estimate of drug-likeness (QED) is 0.474. The molecule has 1 aromatic carbocycles. The van der Waals surface area contributed by atoms with Crippen molar-refractivity contribution in [3.05, 3.63) is 34.4 Å². The second-order valence-electron chi connectivity index (χ2n) is 2.69. The summed E-state index contributed by atoms with van der Waals surface area (Å²) in [6.45, 7) is 1.96. The average Bonchev–Trinajstić information content (AvgIpc) is 2.18. The molecule has 1 atom stereocenters. The van der Waals surface area contributed by atoms with Crippen molar-refractivity contribution in [3.63, 3.8) is 0 Å². The normalized spacial score (nSPS) is 12.1. The first-order chi connectivity index (χ1) is 6.63. The predicted molar refractivity (Wildman–Crippen MR) is 56.7 cm³/mol. The third-order valence-corrected chi connectivity index (χ3v) is 2.45. The summed E-state index contributed by atoms with van der Waals surface area (Å²) in [6, 6.07) is 6.13. The molecule has 1 rings (SSSR count). The molecule has 0 aromatic heterocycles. The molecule has 0 radical (unpaired) electrons. The first-order valence-corrected chi connectivity index (χ1v) is 5.10. The Bertz CT molecular complexity index is 330. The minimum atomic E-state index is -0.442.